The van der Waals surface area contributed by atoms with Gasteiger partial charge in [-0.05, 0) is 0 Å². The average molecular weight is 242 g/mol. The van der Waals surface area contributed by atoms with Gasteiger partial charge in [0.2, 0.25) is 0 Å². The topological polar surface area (TPSA) is 15.8 Å². The molecule has 1 aromatic heterocycles. The first-order valence-corrected chi connectivity index (χ1v) is 6.15. The number of H-pyrrole nitrogens is 1. The van der Waals surface area contributed by atoms with Gasteiger partial charge in [0.25, 0.3) is 0 Å². The monoisotopic (exact) mass is 243 g/mol. The van der Waals surface area contributed by atoms with E-state index in [9.17, 15) is 4.39 Å². The number of fused-ring (bicyclic) bond motifs is 1. The second-order valence-corrected chi connectivity index (χ2v) is 4.89. The van der Waals surface area contributed by atoms with E-state index in [1.54, 1.807) is 0 Å². The van der Waals surface area contributed by atoms with E-state index in [1.165, 1.54) is 10.9 Å². The molecule has 0 bridgehead atoms. The minimum atomic E-state index is -0.228. The average Bonchev–Trinajstić information content (AvgIpc) is 2.51. The molecule has 1 aromatic carbocycles. The fourth-order valence-electron chi connectivity index (χ4n) is 1.46. The van der Waals surface area contributed by atoms with Gasteiger partial charge in [0, 0.05) is 0 Å². The van der Waals surface area contributed by atoms with E-state index in [0.717, 1.165) is 9.98 Å². The number of halogens is 1. The molecule has 3 heteroatoms. The summed E-state index contributed by atoms with van der Waals surface area (Å²) in [5.41, 5.74) is 2.14. The van der Waals surface area contributed by atoms with Gasteiger partial charge in [-0.15, -0.1) is 0 Å². The number of hydrogen-bond donors (Lipinski definition) is 1. The number of hydrogen-bond acceptors (Lipinski definition) is 0. The third-order valence-corrected chi connectivity index (χ3v) is 3.69. The molecular formula is C10H10FNSe. The summed E-state index contributed by atoms with van der Waals surface area (Å²) in [6.07, 6.45) is 1.93. The summed E-state index contributed by atoms with van der Waals surface area (Å²) >= 11 is -0.0357. The summed E-state index contributed by atoms with van der Waals surface area (Å²) in [6.45, 7) is 2.06. The van der Waals surface area contributed by atoms with Gasteiger partial charge in [0.15, 0.2) is 0 Å². The zero-order valence-corrected chi connectivity index (χ0v) is 9.02. The van der Waals surface area contributed by atoms with Crippen LogP contribution in [0.5, 0.6) is 0 Å². The molecule has 0 amide bonds. The zero-order valence-electron chi connectivity index (χ0n) is 7.30. The van der Waals surface area contributed by atoms with Crippen LogP contribution in [-0.4, -0.2) is 25.5 Å². The molecule has 13 heavy (non-hydrogen) atoms. The van der Waals surface area contributed by atoms with Crippen molar-refractivity contribution < 1.29 is 4.39 Å². The van der Waals surface area contributed by atoms with Crippen molar-refractivity contribution >= 4 is 30.3 Å². The fraction of sp³-hybridized carbons (Fsp3) is 0.200. The number of aromatic amines is 1. The van der Waals surface area contributed by atoms with E-state index in [2.05, 4.69) is 18.0 Å². The number of aromatic nitrogens is 1. The van der Waals surface area contributed by atoms with Gasteiger partial charge >= 0.3 is 82.2 Å². The Bertz CT molecular complexity index is 422. The predicted molar refractivity (Wildman–Crippen MR) is 54.4 cm³/mol. The van der Waals surface area contributed by atoms with Crippen molar-refractivity contribution in [3.63, 3.8) is 0 Å². The summed E-state index contributed by atoms with van der Waals surface area (Å²) in [6, 6.07) is 6.12. The predicted octanol–water partition coefficient (Wildman–Crippen LogP) is 1.73. The molecule has 68 valence electrons. The van der Waals surface area contributed by atoms with Gasteiger partial charge in [-0.2, -0.15) is 0 Å². The van der Waals surface area contributed by atoms with Crippen LogP contribution >= 0.6 is 0 Å². The maximum absolute atomic E-state index is 12.2. The van der Waals surface area contributed by atoms with E-state index in [4.69, 9.17) is 0 Å². The van der Waals surface area contributed by atoms with Crippen LogP contribution in [0.3, 0.4) is 0 Å². The second-order valence-electron chi connectivity index (χ2n) is 2.90. The van der Waals surface area contributed by atoms with Crippen molar-refractivity contribution in [3.8, 4) is 0 Å². The van der Waals surface area contributed by atoms with Crippen LogP contribution < -0.4 is 4.46 Å². The van der Waals surface area contributed by atoms with Crippen LogP contribution in [0, 0.1) is 6.92 Å². The Morgan fingerprint density at radius 3 is 3.08 bits per heavy atom. The number of aryl methyl sites for hydroxylation is 1. The molecule has 0 saturated carbocycles. The number of alkyl halides is 1. The number of para-hydroxylation sites is 1. The molecule has 0 radical (unpaired) electrons. The van der Waals surface area contributed by atoms with Crippen molar-refractivity contribution in [1.29, 1.82) is 0 Å². The van der Waals surface area contributed by atoms with E-state index in [-0.39, 0.29) is 20.5 Å². The third-order valence-electron chi connectivity index (χ3n) is 2.10. The molecule has 1 heterocycles. The van der Waals surface area contributed by atoms with Crippen LogP contribution in [-0.2, 0) is 0 Å². The molecule has 0 spiro atoms. The Morgan fingerprint density at radius 1 is 1.46 bits per heavy atom. The van der Waals surface area contributed by atoms with Gasteiger partial charge in [0.05, 0.1) is 0 Å². The van der Waals surface area contributed by atoms with Gasteiger partial charge in [-0.25, -0.2) is 0 Å². The van der Waals surface area contributed by atoms with E-state index in [0.29, 0.717) is 0 Å². The van der Waals surface area contributed by atoms with Crippen molar-refractivity contribution in [2.75, 3.05) is 5.57 Å². The molecule has 0 saturated heterocycles. The van der Waals surface area contributed by atoms with Crippen LogP contribution in [0.1, 0.15) is 5.56 Å². The first-order chi connectivity index (χ1) is 6.33. The quantitative estimate of drug-likeness (QED) is 0.772. The van der Waals surface area contributed by atoms with Crippen molar-refractivity contribution in [3.05, 3.63) is 30.0 Å². The molecule has 0 aliphatic carbocycles. The van der Waals surface area contributed by atoms with Crippen molar-refractivity contribution in [2.24, 2.45) is 0 Å². The van der Waals surface area contributed by atoms with Crippen LogP contribution in [0.25, 0.3) is 10.9 Å². The number of rotatable bonds is 2. The summed E-state index contributed by atoms with van der Waals surface area (Å²) < 4.78 is 13.3. The molecular weight excluding hydrogens is 232 g/mol. The first-order valence-electron chi connectivity index (χ1n) is 4.08. The minimum absolute atomic E-state index is 0.0357. The van der Waals surface area contributed by atoms with Gasteiger partial charge in [-0.3, -0.25) is 0 Å². The molecule has 0 atom stereocenters. The van der Waals surface area contributed by atoms with Gasteiger partial charge in [-0.1, -0.05) is 0 Å². The molecule has 2 rings (SSSR count). The Labute approximate surface area is 82.5 Å². The van der Waals surface area contributed by atoms with E-state index in [1.807, 2.05) is 18.3 Å². The van der Waals surface area contributed by atoms with Crippen LogP contribution in [0.15, 0.2) is 24.4 Å². The maximum atomic E-state index is 12.2. The Morgan fingerprint density at radius 2 is 2.31 bits per heavy atom. The number of benzene rings is 1. The molecule has 2 aromatic rings. The number of nitrogens with one attached hydrogen (secondary N) is 1. The summed E-state index contributed by atoms with van der Waals surface area (Å²) in [5.74, 6) is 0. The van der Waals surface area contributed by atoms with Crippen LogP contribution in [0.4, 0.5) is 4.39 Å². The molecule has 0 aliphatic heterocycles. The zero-order chi connectivity index (χ0) is 9.26. The molecule has 1 nitrogen and oxygen atoms in total. The summed E-state index contributed by atoms with van der Waals surface area (Å²) in [5, 5.41) is 1.18. The third kappa shape index (κ3) is 1.50. The standard InChI is InChI=1S/C10H10FNSe/c1-7-3-2-4-8-9(13-6-11)5-12-10(7)8/h2-5,12H,6H2,1H3. The first kappa shape index (κ1) is 8.79. The van der Waals surface area contributed by atoms with Gasteiger partial charge < -0.3 is 0 Å². The Hall–Kier alpha value is -0.791. The van der Waals surface area contributed by atoms with Crippen molar-refractivity contribution in [2.45, 2.75) is 6.92 Å². The molecule has 0 unspecified atom stereocenters. The fourth-order valence-corrected chi connectivity index (χ4v) is 2.69. The van der Waals surface area contributed by atoms with Crippen LogP contribution in [0.2, 0.25) is 0 Å². The SMILES string of the molecule is Cc1cccc2c([Se]CF)c[nH]c12. The van der Waals surface area contributed by atoms with Gasteiger partial charge in [0.1, 0.15) is 0 Å². The molecule has 1 N–H and O–H groups in total. The van der Waals surface area contributed by atoms with E-state index < -0.39 is 0 Å². The molecule has 0 aliphatic rings. The Balaban J connectivity index is 2.61. The van der Waals surface area contributed by atoms with E-state index >= 15 is 0 Å². The Kier molecular flexibility index (Phi) is 2.38. The normalized spacial score (nSPS) is 10.9. The summed E-state index contributed by atoms with van der Waals surface area (Å²) in [4.78, 5) is 3.19. The second kappa shape index (κ2) is 3.52. The molecule has 0 fully saturated rings. The van der Waals surface area contributed by atoms with Crippen molar-refractivity contribution in [1.82, 2.24) is 4.98 Å². The summed E-state index contributed by atoms with van der Waals surface area (Å²) in [7, 11) is 0.